The van der Waals surface area contributed by atoms with Crippen molar-refractivity contribution < 1.29 is 31.1 Å². The second kappa shape index (κ2) is 9.43. The average molecular weight is 443 g/mol. The molecule has 0 aromatic heterocycles. The summed E-state index contributed by atoms with van der Waals surface area (Å²) in [6.07, 6.45) is -5.03. The molecule has 28 heavy (non-hydrogen) atoms. The van der Waals surface area contributed by atoms with Crippen molar-refractivity contribution >= 4 is 27.5 Å². The third-order valence-electron chi connectivity index (χ3n) is 4.46. The van der Waals surface area contributed by atoms with E-state index in [1.165, 1.54) is 24.3 Å². The summed E-state index contributed by atoms with van der Waals surface area (Å²) in [5.74, 6) is -1.14. The molecule has 11 heteroatoms. The molecule has 1 aromatic rings. The topological polar surface area (TPSA) is 89.7 Å². The van der Waals surface area contributed by atoms with Crippen molar-refractivity contribution in [1.82, 2.24) is 4.31 Å². The maximum absolute atomic E-state index is 13.1. The highest BCUT2D eigenvalue weighted by Crippen LogP contribution is 2.28. The minimum absolute atomic E-state index is 0.189. The van der Waals surface area contributed by atoms with Gasteiger partial charge in [-0.25, -0.2) is 8.42 Å². The standard InChI is InChI=1S/C17H22ClF3N2O4S/c18-12-4-6-14(7-5-12)28(25,26)23(11-13-3-1-2-10-27-13)15(16(22)24)8-9-17(19,20)21/h4-7,13,15H,1-3,8-11H2,(H2,22,24)/t13-,15+/m0/s1. The summed E-state index contributed by atoms with van der Waals surface area (Å²) in [7, 11) is -4.30. The van der Waals surface area contributed by atoms with E-state index in [0.29, 0.717) is 18.1 Å². The lowest BCUT2D eigenvalue weighted by atomic mass is 10.1. The lowest BCUT2D eigenvalue weighted by molar-refractivity contribution is -0.140. The fourth-order valence-corrected chi connectivity index (χ4v) is 4.80. The van der Waals surface area contributed by atoms with Crippen molar-refractivity contribution in [3.63, 3.8) is 0 Å². The Bertz CT molecular complexity index is 766. The molecular weight excluding hydrogens is 421 g/mol. The molecule has 1 amide bonds. The highest BCUT2D eigenvalue weighted by atomic mass is 35.5. The van der Waals surface area contributed by atoms with Crippen molar-refractivity contribution in [3.8, 4) is 0 Å². The van der Waals surface area contributed by atoms with Crippen molar-refractivity contribution in [2.75, 3.05) is 13.2 Å². The number of benzene rings is 1. The summed E-state index contributed by atoms with van der Waals surface area (Å²) in [4.78, 5) is 11.7. The van der Waals surface area contributed by atoms with Gasteiger partial charge in [-0.2, -0.15) is 17.5 Å². The molecule has 1 fully saturated rings. The number of hydrogen-bond donors (Lipinski definition) is 1. The molecule has 1 aliphatic rings. The maximum Gasteiger partial charge on any atom is 0.389 e. The number of nitrogens with two attached hydrogens (primary N) is 1. The highest BCUT2D eigenvalue weighted by Gasteiger charge is 2.39. The summed E-state index contributed by atoms with van der Waals surface area (Å²) in [5, 5.41) is 0.296. The minimum Gasteiger partial charge on any atom is -0.377 e. The number of rotatable bonds is 8. The third kappa shape index (κ3) is 6.33. The molecule has 0 radical (unpaired) electrons. The molecule has 0 aliphatic carbocycles. The number of carbonyl (C=O) groups is 1. The first-order valence-corrected chi connectivity index (χ1v) is 10.6. The lowest BCUT2D eigenvalue weighted by Crippen LogP contribution is -2.51. The molecule has 1 saturated heterocycles. The first-order valence-electron chi connectivity index (χ1n) is 8.76. The van der Waals surface area contributed by atoms with Crippen LogP contribution in [0.2, 0.25) is 5.02 Å². The number of amides is 1. The van der Waals surface area contributed by atoms with Gasteiger partial charge in [0.25, 0.3) is 0 Å². The smallest absolute Gasteiger partial charge is 0.377 e. The SMILES string of the molecule is NC(=O)[C@@H](CCC(F)(F)F)N(C[C@@H]1CCCCO1)S(=O)(=O)c1ccc(Cl)cc1. The highest BCUT2D eigenvalue weighted by molar-refractivity contribution is 7.89. The average Bonchev–Trinajstić information content (AvgIpc) is 2.61. The van der Waals surface area contributed by atoms with Crippen LogP contribution in [0.5, 0.6) is 0 Å². The number of hydrogen-bond acceptors (Lipinski definition) is 4. The van der Waals surface area contributed by atoms with Crippen LogP contribution in [0.4, 0.5) is 13.2 Å². The lowest BCUT2D eigenvalue weighted by Gasteiger charge is -2.33. The van der Waals surface area contributed by atoms with Crippen LogP contribution in [0.15, 0.2) is 29.2 Å². The molecule has 2 atom stereocenters. The van der Waals surface area contributed by atoms with E-state index < -0.39 is 47.1 Å². The second-order valence-corrected chi connectivity index (χ2v) is 8.92. The van der Waals surface area contributed by atoms with Crippen LogP contribution in [0.1, 0.15) is 32.1 Å². The van der Waals surface area contributed by atoms with Crippen LogP contribution < -0.4 is 5.73 Å². The Morgan fingerprint density at radius 3 is 2.43 bits per heavy atom. The fourth-order valence-electron chi connectivity index (χ4n) is 3.02. The zero-order valence-corrected chi connectivity index (χ0v) is 16.6. The van der Waals surface area contributed by atoms with E-state index in [9.17, 15) is 26.4 Å². The van der Waals surface area contributed by atoms with Crippen LogP contribution in [-0.4, -0.2) is 50.1 Å². The molecule has 1 aliphatic heterocycles. The molecule has 2 N–H and O–H groups in total. The molecule has 2 rings (SSSR count). The van der Waals surface area contributed by atoms with Gasteiger partial charge in [0, 0.05) is 24.6 Å². The second-order valence-electron chi connectivity index (χ2n) is 6.59. The molecule has 0 spiro atoms. The first kappa shape index (κ1) is 22.9. The van der Waals surface area contributed by atoms with Crippen molar-refractivity contribution in [3.05, 3.63) is 29.3 Å². The number of alkyl halides is 3. The van der Waals surface area contributed by atoms with Crippen molar-refractivity contribution in [1.29, 1.82) is 0 Å². The third-order valence-corrected chi connectivity index (χ3v) is 6.60. The molecule has 1 aromatic carbocycles. The molecule has 0 saturated carbocycles. The number of sulfonamides is 1. The van der Waals surface area contributed by atoms with E-state index in [4.69, 9.17) is 22.1 Å². The van der Waals surface area contributed by atoms with E-state index in [-0.39, 0.29) is 11.4 Å². The van der Waals surface area contributed by atoms with Gasteiger partial charge in [-0.05, 0) is 49.9 Å². The van der Waals surface area contributed by atoms with Gasteiger partial charge in [0.2, 0.25) is 15.9 Å². The van der Waals surface area contributed by atoms with Gasteiger partial charge < -0.3 is 10.5 Å². The number of carbonyl (C=O) groups excluding carboxylic acids is 1. The number of primary amides is 1. The Hall–Kier alpha value is -1.36. The van der Waals surface area contributed by atoms with Crippen LogP contribution >= 0.6 is 11.6 Å². The van der Waals surface area contributed by atoms with E-state index in [2.05, 4.69) is 0 Å². The number of halogens is 4. The Balaban J connectivity index is 2.38. The molecular formula is C17H22ClF3N2O4S. The molecule has 0 bridgehead atoms. The van der Waals surface area contributed by atoms with Crippen LogP contribution in [0, 0.1) is 0 Å². The van der Waals surface area contributed by atoms with Gasteiger partial charge in [0.05, 0.1) is 11.0 Å². The van der Waals surface area contributed by atoms with Gasteiger partial charge in [0.15, 0.2) is 0 Å². The van der Waals surface area contributed by atoms with Gasteiger partial charge in [-0.3, -0.25) is 4.79 Å². The van der Waals surface area contributed by atoms with Crippen LogP contribution in [0.25, 0.3) is 0 Å². The van der Waals surface area contributed by atoms with E-state index >= 15 is 0 Å². The van der Waals surface area contributed by atoms with Crippen LogP contribution in [-0.2, 0) is 19.6 Å². The Labute approximate surface area is 166 Å². The van der Waals surface area contributed by atoms with Gasteiger partial charge in [0.1, 0.15) is 6.04 Å². The molecule has 1 heterocycles. The minimum atomic E-state index is -4.55. The molecule has 158 valence electrons. The summed E-state index contributed by atoms with van der Waals surface area (Å²) in [6, 6.07) is 3.51. The van der Waals surface area contributed by atoms with E-state index in [0.717, 1.165) is 17.1 Å². The Morgan fingerprint density at radius 1 is 1.29 bits per heavy atom. The van der Waals surface area contributed by atoms with Gasteiger partial charge >= 0.3 is 6.18 Å². The largest absolute Gasteiger partial charge is 0.389 e. The van der Waals surface area contributed by atoms with Crippen molar-refractivity contribution in [2.24, 2.45) is 5.73 Å². The summed E-state index contributed by atoms with van der Waals surface area (Å²) in [5.41, 5.74) is 5.30. The predicted octanol–water partition coefficient (Wildman–Crippen LogP) is 3.10. The summed E-state index contributed by atoms with van der Waals surface area (Å²) < 4.78 is 70.6. The Morgan fingerprint density at radius 2 is 1.93 bits per heavy atom. The maximum atomic E-state index is 13.1. The van der Waals surface area contributed by atoms with E-state index in [1.54, 1.807) is 0 Å². The predicted molar refractivity (Wildman–Crippen MR) is 97.2 cm³/mol. The van der Waals surface area contributed by atoms with Gasteiger partial charge in [-0.15, -0.1) is 0 Å². The summed E-state index contributed by atoms with van der Waals surface area (Å²) >= 11 is 5.78. The van der Waals surface area contributed by atoms with Crippen LogP contribution in [0.3, 0.4) is 0 Å². The number of ether oxygens (including phenoxy) is 1. The number of nitrogens with zero attached hydrogens (tertiary/aromatic N) is 1. The van der Waals surface area contributed by atoms with E-state index in [1.807, 2.05) is 0 Å². The quantitative estimate of drug-likeness (QED) is 0.669. The normalized spacial score (nSPS) is 19.5. The zero-order chi connectivity index (χ0) is 20.9. The fraction of sp³-hybridized carbons (Fsp3) is 0.588. The molecule has 0 unspecified atom stereocenters. The first-order chi connectivity index (χ1) is 13.0. The Kier molecular flexibility index (Phi) is 7.72. The van der Waals surface area contributed by atoms with Crippen molar-refractivity contribution in [2.45, 2.75) is 55.3 Å². The summed E-state index contributed by atoms with van der Waals surface area (Å²) in [6.45, 7) is 0.166. The molecule has 6 nitrogen and oxygen atoms in total. The zero-order valence-electron chi connectivity index (χ0n) is 15.0. The van der Waals surface area contributed by atoms with Gasteiger partial charge in [-0.1, -0.05) is 11.6 Å². The monoisotopic (exact) mass is 442 g/mol.